The van der Waals surface area contributed by atoms with Crippen LogP contribution in [0.25, 0.3) is 11.4 Å². The number of benzene rings is 2. The zero-order valence-electron chi connectivity index (χ0n) is 18.0. The summed E-state index contributed by atoms with van der Waals surface area (Å²) in [7, 11) is 3.07. The van der Waals surface area contributed by atoms with E-state index in [0.29, 0.717) is 42.2 Å². The maximum Gasteiger partial charge on any atom is 0.223 e. The van der Waals surface area contributed by atoms with Gasteiger partial charge in [0.2, 0.25) is 17.5 Å². The number of anilines is 1. The first kappa shape index (κ1) is 21.8. The predicted octanol–water partition coefficient (Wildman–Crippen LogP) is 4.64. The van der Waals surface area contributed by atoms with Crippen molar-refractivity contribution in [1.82, 2.24) is 10.1 Å². The summed E-state index contributed by atoms with van der Waals surface area (Å²) in [5.74, 6) is 2.91. The van der Waals surface area contributed by atoms with Crippen LogP contribution < -0.4 is 18.9 Å². The molecule has 10 heteroatoms. The summed E-state index contributed by atoms with van der Waals surface area (Å²) in [6.07, 6.45) is 0.792. The summed E-state index contributed by atoms with van der Waals surface area (Å²) in [6.45, 7) is 2.88. The van der Waals surface area contributed by atoms with E-state index >= 15 is 0 Å². The number of rotatable bonds is 7. The van der Waals surface area contributed by atoms with Crippen LogP contribution in [0.3, 0.4) is 0 Å². The van der Waals surface area contributed by atoms with Crippen molar-refractivity contribution in [2.45, 2.75) is 18.6 Å². The first-order valence-electron chi connectivity index (χ1n) is 10.0. The number of nitrogens with zero attached hydrogens (tertiary/aromatic N) is 2. The van der Waals surface area contributed by atoms with Crippen LogP contribution in [0.4, 0.5) is 5.69 Å². The van der Waals surface area contributed by atoms with Crippen molar-refractivity contribution >= 4 is 23.5 Å². The lowest BCUT2D eigenvalue weighted by Crippen LogP contribution is -2.13. The van der Waals surface area contributed by atoms with Gasteiger partial charge in [-0.05, 0) is 53.9 Å². The molecule has 4 rings (SSSR count). The van der Waals surface area contributed by atoms with E-state index in [9.17, 15) is 0 Å². The first-order valence-corrected chi connectivity index (χ1v) is 10.9. The van der Waals surface area contributed by atoms with Gasteiger partial charge < -0.3 is 28.2 Å². The summed E-state index contributed by atoms with van der Waals surface area (Å²) in [5, 5.41) is 11.8. The Bertz CT molecular complexity index is 1090. The van der Waals surface area contributed by atoms with Crippen LogP contribution in [0.15, 0.2) is 40.9 Å². The third-order valence-corrected chi connectivity index (χ3v) is 5.86. The highest BCUT2D eigenvalue weighted by Crippen LogP contribution is 2.44. The number of fused-ring (bicyclic) bond motifs is 1. The van der Waals surface area contributed by atoms with Crippen molar-refractivity contribution in [3.8, 4) is 28.6 Å². The zero-order valence-corrected chi connectivity index (χ0v) is 18.8. The number of aryl methyl sites for hydroxylation is 1. The molecule has 1 aromatic heterocycles. The molecule has 9 nitrogen and oxygen atoms in total. The molecule has 2 aromatic carbocycles. The minimum atomic E-state index is -0.439. The van der Waals surface area contributed by atoms with Gasteiger partial charge in [0.15, 0.2) is 17.4 Å². The fourth-order valence-corrected chi connectivity index (χ4v) is 4.04. The van der Waals surface area contributed by atoms with E-state index in [-0.39, 0.29) is 5.90 Å². The molecule has 0 saturated heterocycles. The zero-order chi connectivity index (χ0) is 22.5. The van der Waals surface area contributed by atoms with E-state index in [0.717, 1.165) is 23.2 Å². The molecular formula is C22H24N4O5S. The molecule has 2 heterocycles. The number of methoxy groups -OCH3 is 2. The van der Waals surface area contributed by atoms with Gasteiger partial charge in [-0.15, -0.1) is 0 Å². The lowest BCUT2D eigenvalue weighted by molar-refractivity contribution is 0.289. The van der Waals surface area contributed by atoms with Gasteiger partial charge in [0.05, 0.1) is 27.4 Å². The van der Waals surface area contributed by atoms with Crippen molar-refractivity contribution in [2.24, 2.45) is 0 Å². The minimum absolute atomic E-state index is 0.0953. The number of nitrogens with one attached hydrogen (secondary N) is 2. The molecule has 1 aliphatic rings. The van der Waals surface area contributed by atoms with Crippen molar-refractivity contribution in [1.29, 1.82) is 5.41 Å². The Morgan fingerprint density at radius 1 is 1.16 bits per heavy atom. The van der Waals surface area contributed by atoms with Crippen molar-refractivity contribution in [3.63, 3.8) is 0 Å². The third-order valence-electron chi connectivity index (χ3n) is 4.78. The summed E-state index contributed by atoms with van der Waals surface area (Å²) >= 11 is 1.34. The minimum Gasteiger partial charge on any atom is -0.493 e. The fraction of sp³-hybridized carbons (Fsp3) is 0.318. The van der Waals surface area contributed by atoms with E-state index in [4.69, 9.17) is 28.9 Å². The smallest absolute Gasteiger partial charge is 0.223 e. The molecule has 0 radical (unpaired) electrons. The average molecular weight is 457 g/mol. The molecule has 1 aliphatic heterocycles. The average Bonchev–Trinajstić information content (AvgIpc) is 3.11. The van der Waals surface area contributed by atoms with Crippen LogP contribution in [-0.2, 0) is 4.74 Å². The molecule has 1 unspecified atom stereocenters. The molecule has 0 fully saturated rings. The second-order valence-corrected chi connectivity index (χ2v) is 7.89. The van der Waals surface area contributed by atoms with Crippen LogP contribution in [0.1, 0.15) is 23.1 Å². The van der Waals surface area contributed by atoms with Crippen molar-refractivity contribution < 1.29 is 23.5 Å². The quantitative estimate of drug-likeness (QED) is 0.298. The monoisotopic (exact) mass is 456 g/mol. The molecule has 1 atom stereocenters. The van der Waals surface area contributed by atoms with Crippen LogP contribution in [-0.4, -0.2) is 43.5 Å². The lowest BCUT2D eigenvalue weighted by atomic mass is 10.1. The van der Waals surface area contributed by atoms with Crippen LogP contribution in [0, 0.1) is 12.3 Å². The summed E-state index contributed by atoms with van der Waals surface area (Å²) in [5.41, 5.74) is 2.51. The van der Waals surface area contributed by atoms with Gasteiger partial charge in [0.1, 0.15) is 5.25 Å². The number of ether oxygens (including phenoxy) is 4. The topological polar surface area (TPSA) is 112 Å². The Morgan fingerprint density at radius 2 is 1.94 bits per heavy atom. The van der Waals surface area contributed by atoms with Gasteiger partial charge in [-0.3, -0.25) is 5.41 Å². The Morgan fingerprint density at radius 3 is 2.62 bits per heavy atom. The fourth-order valence-electron chi connectivity index (χ4n) is 3.18. The third kappa shape index (κ3) is 4.75. The Kier molecular flexibility index (Phi) is 6.69. The van der Waals surface area contributed by atoms with Gasteiger partial charge in [0, 0.05) is 24.6 Å². The second kappa shape index (κ2) is 9.82. The molecule has 168 valence electrons. The number of hydrogen-bond donors (Lipinski definition) is 2. The Hall–Kier alpha value is -3.40. The first-order chi connectivity index (χ1) is 15.6. The van der Waals surface area contributed by atoms with Gasteiger partial charge in [0.25, 0.3) is 0 Å². The molecule has 0 bridgehead atoms. The van der Waals surface area contributed by atoms with E-state index < -0.39 is 5.25 Å². The molecule has 0 saturated carbocycles. The molecule has 0 spiro atoms. The molecule has 3 aromatic rings. The lowest BCUT2D eigenvalue weighted by Gasteiger charge is -2.20. The SMILES string of the molecule is COC(=N)C(SNc1ccc(-c2noc(C)n2)cc1)c1cc(OC)c2c(c1)OCCCO2. The van der Waals surface area contributed by atoms with Gasteiger partial charge >= 0.3 is 0 Å². The molecule has 0 amide bonds. The van der Waals surface area contributed by atoms with Crippen LogP contribution in [0.5, 0.6) is 17.2 Å². The highest BCUT2D eigenvalue weighted by molar-refractivity contribution is 8.01. The van der Waals surface area contributed by atoms with Crippen LogP contribution in [0.2, 0.25) is 0 Å². The summed E-state index contributed by atoms with van der Waals surface area (Å²) < 4.78 is 30.8. The Labute approximate surface area is 190 Å². The van der Waals surface area contributed by atoms with Gasteiger partial charge in [-0.1, -0.05) is 5.16 Å². The summed E-state index contributed by atoms with van der Waals surface area (Å²) in [6, 6.07) is 11.4. The molecular weight excluding hydrogens is 432 g/mol. The highest BCUT2D eigenvalue weighted by atomic mass is 32.2. The summed E-state index contributed by atoms with van der Waals surface area (Å²) in [4.78, 5) is 4.23. The highest BCUT2D eigenvalue weighted by Gasteiger charge is 2.25. The van der Waals surface area contributed by atoms with Gasteiger partial charge in [-0.25, -0.2) is 0 Å². The number of hydrogen-bond acceptors (Lipinski definition) is 10. The molecule has 32 heavy (non-hydrogen) atoms. The maximum absolute atomic E-state index is 8.33. The van der Waals surface area contributed by atoms with Gasteiger partial charge in [-0.2, -0.15) is 4.98 Å². The predicted molar refractivity (Wildman–Crippen MR) is 122 cm³/mol. The normalized spacial score (nSPS) is 13.7. The second-order valence-electron chi connectivity index (χ2n) is 6.98. The number of aromatic nitrogens is 2. The van der Waals surface area contributed by atoms with E-state index in [2.05, 4.69) is 14.9 Å². The molecule has 2 N–H and O–H groups in total. The van der Waals surface area contributed by atoms with E-state index in [1.165, 1.54) is 19.1 Å². The van der Waals surface area contributed by atoms with Crippen molar-refractivity contribution in [3.05, 3.63) is 47.9 Å². The maximum atomic E-state index is 8.33. The van der Waals surface area contributed by atoms with Crippen LogP contribution >= 0.6 is 11.9 Å². The van der Waals surface area contributed by atoms with E-state index in [1.54, 1.807) is 14.0 Å². The standard InChI is InChI=1S/C22H24N4O5S/c1-13-24-22(25-31-13)14-5-7-16(8-6-14)26-32-20(21(23)28-3)15-11-17(27-2)19-18(12-15)29-9-4-10-30-19/h5-8,11-12,20,23,26H,4,9-10H2,1-3H3. The van der Waals surface area contributed by atoms with E-state index in [1.807, 2.05) is 36.4 Å². The Balaban J connectivity index is 1.54. The van der Waals surface area contributed by atoms with Crippen molar-refractivity contribution in [2.75, 3.05) is 32.2 Å². The molecule has 0 aliphatic carbocycles. The largest absolute Gasteiger partial charge is 0.493 e.